The molecule has 3 rings (SSSR count). The maximum Gasteiger partial charge on any atom is 0.255 e. The van der Waals surface area contributed by atoms with Gasteiger partial charge in [-0.2, -0.15) is 0 Å². The molecule has 6 nitrogen and oxygen atoms in total. The Labute approximate surface area is 173 Å². The summed E-state index contributed by atoms with van der Waals surface area (Å²) in [5.41, 5.74) is 2.29. The Hall–Kier alpha value is -2.34. The number of hydrogen-bond acceptors (Lipinski definition) is 5. The Kier molecular flexibility index (Phi) is 7.69. The number of hydrogen-bond donors (Lipinski definition) is 1. The summed E-state index contributed by atoms with van der Waals surface area (Å²) in [7, 11) is 2.20. The molecule has 0 unspecified atom stereocenters. The number of aryl methyl sites for hydroxylation is 2. The van der Waals surface area contributed by atoms with E-state index in [0.717, 1.165) is 30.0 Å². The van der Waals surface area contributed by atoms with Crippen molar-refractivity contribution >= 4 is 5.91 Å². The van der Waals surface area contributed by atoms with E-state index in [9.17, 15) is 4.79 Å². The lowest BCUT2D eigenvalue weighted by Gasteiger charge is -2.31. The van der Waals surface area contributed by atoms with E-state index in [1.165, 1.54) is 32.1 Å². The van der Waals surface area contributed by atoms with Crippen LogP contribution in [-0.2, 0) is 6.61 Å². The second-order valence-corrected chi connectivity index (χ2v) is 7.97. The van der Waals surface area contributed by atoms with Crippen LogP contribution in [0.5, 0.6) is 5.75 Å². The molecule has 0 radical (unpaired) electrons. The summed E-state index contributed by atoms with van der Waals surface area (Å²) in [6.45, 7) is 5.75. The lowest BCUT2D eigenvalue weighted by molar-refractivity contribution is 0.0946. The molecular weight excluding hydrogens is 366 g/mol. The summed E-state index contributed by atoms with van der Waals surface area (Å²) in [6, 6.07) is 8.06. The van der Waals surface area contributed by atoms with Crippen LogP contribution in [0.1, 0.15) is 65.9 Å². The van der Waals surface area contributed by atoms with Crippen molar-refractivity contribution in [3.8, 4) is 5.75 Å². The van der Waals surface area contributed by atoms with Crippen LogP contribution in [0.3, 0.4) is 0 Å². The number of nitrogens with zero attached hydrogens (tertiary/aromatic N) is 2. The van der Waals surface area contributed by atoms with E-state index in [-0.39, 0.29) is 5.91 Å². The van der Waals surface area contributed by atoms with Crippen molar-refractivity contribution in [2.45, 2.75) is 65.0 Å². The minimum Gasteiger partial charge on any atom is -0.488 e. The number of ether oxygens (including phenoxy) is 1. The number of aromatic nitrogens is 1. The van der Waals surface area contributed by atoms with Crippen molar-refractivity contribution < 1.29 is 14.1 Å². The van der Waals surface area contributed by atoms with Crippen LogP contribution in [0.15, 0.2) is 28.8 Å². The average molecular weight is 400 g/mol. The molecule has 0 bridgehead atoms. The Morgan fingerprint density at radius 3 is 2.72 bits per heavy atom. The van der Waals surface area contributed by atoms with Gasteiger partial charge in [0, 0.05) is 12.6 Å². The van der Waals surface area contributed by atoms with Crippen LogP contribution < -0.4 is 10.1 Å². The van der Waals surface area contributed by atoms with Crippen LogP contribution >= 0.6 is 0 Å². The summed E-state index contributed by atoms with van der Waals surface area (Å²) >= 11 is 0. The summed E-state index contributed by atoms with van der Waals surface area (Å²) in [6.07, 6.45) is 7.61. The van der Waals surface area contributed by atoms with Crippen LogP contribution in [0, 0.1) is 13.8 Å². The van der Waals surface area contributed by atoms with Crippen LogP contribution in [0.2, 0.25) is 0 Å². The third-order valence-electron chi connectivity index (χ3n) is 5.86. The number of benzene rings is 1. The molecule has 0 spiro atoms. The van der Waals surface area contributed by atoms with E-state index < -0.39 is 0 Å². The molecule has 1 aromatic carbocycles. The second kappa shape index (κ2) is 10.4. The Morgan fingerprint density at radius 2 is 2.00 bits per heavy atom. The van der Waals surface area contributed by atoms with E-state index in [0.29, 0.717) is 30.5 Å². The van der Waals surface area contributed by atoms with Gasteiger partial charge in [-0.15, -0.1) is 0 Å². The minimum absolute atomic E-state index is 0.0975. The largest absolute Gasteiger partial charge is 0.488 e. The van der Waals surface area contributed by atoms with Gasteiger partial charge in [-0.1, -0.05) is 36.6 Å². The van der Waals surface area contributed by atoms with Crippen molar-refractivity contribution in [1.82, 2.24) is 15.4 Å². The van der Waals surface area contributed by atoms with Crippen molar-refractivity contribution in [2.75, 3.05) is 20.1 Å². The third kappa shape index (κ3) is 5.82. The van der Waals surface area contributed by atoms with Gasteiger partial charge in [0.15, 0.2) is 0 Å². The minimum atomic E-state index is -0.0975. The molecule has 1 fully saturated rings. The van der Waals surface area contributed by atoms with Gasteiger partial charge in [0.25, 0.3) is 5.91 Å². The van der Waals surface area contributed by atoms with Crippen molar-refractivity contribution in [3.63, 3.8) is 0 Å². The molecular formula is C23H33N3O3. The zero-order valence-corrected chi connectivity index (χ0v) is 17.9. The lowest BCUT2D eigenvalue weighted by atomic mass is 9.94. The number of nitrogens with one attached hydrogen (secondary N) is 1. The second-order valence-electron chi connectivity index (χ2n) is 7.97. The normalized spacial score (nSPS) is 14.9. The number of carbonyl (C=O) groups is 1. The van der Waals surface area contributed by atoms with Gasteiger partial charge in [-0.25, -0.2) is 0 Å². The Bertz CT molecular complexity index is 777. The molecule has 0 aliphatic heterocycles. The predicted octanol–water partition coefficient (Wildman–Crippen LogP) is 4.25. The zero-order chi connectivity index (χ0) is 20.6. The lowest BCUT2D eigenvalue weighted by Crippen LogP contribution is -2.35. The van der Waals surface area contributed by atoms with Crippen LogP contribution in [0.25, 0.3) is 0 Å². The fraction of sp³-hybridized carbons (Fsp3) is 0.565. The maximum absolute atomic E-state index is 12.7. The molecule has 0 saturated heterocycles. The van der Waals surface area contributed by atoms with Crippen LogP contribution in [-0.4, -0.2) is 42.1 Å². The fourth-order valence-corrected chi connectivity index (χ4v) is 3.97. The monoisotopic (exact) mass is 399 g/mol. The molecule has 1 N–H and O–H groups in total. The third-order valence-corrected chi connectivity index (χ3v) is 5.86. The molecule has 158 valence electrons. The summed E-state index contributed by atoms with van der Waals surface area (Å²) in [4.78, 5) is 15.1. The van der Waals surface area contributed by atoms with Gasteiger partial charge >= 0.3 is 0 Å². The molecule has 29 heavy (non-hydrogen) atoms. The smallest absolute Gasteiger partial charge is 0.255 e. The van der Waals surface area contributed by atoms with E-state index >= 15 is 0 Å². The molecule has 1 heterocycles. The molecule has 1 aromatic heterocycles. The molecule has 1 aliphatic carbocycles. The first-order valence-corrected chi connectivity index (χ1v) is 10.7. The van der Waals surface area contributed by atoms with E-state index in [4.69, 9.17) is 9.26 Å². The highest BCUT2D eigenvalue weighted by atomic mass is 16.5. The van der Waals surface area contributed by atoms with E-state index in [1.807, 2.05) is 32.0 Å². The van der Waals surface area contributed by atoms with Gasteiger partial charge < -0.3 is 19.5 Å². The molecule has 6 heteroatoms. The predicted molar refractivity (Wildman–Crippen MR) is 113 cm³/mol. The SMILES string of the molecule is Cc1noc(C)c1COc1ccccc1C(=O)NCCCN(C)C1CCCCC1. The Balaban J connectivity index is 1.48. The van der Waals surface area contributed by atoms with E-state index in [2.05, 4.69) is 22.4 Å². The number of rotatable bonds is 9. The number of carbonyl (C=O) groups excluding carboxylic acids is 1. The molecule has 1 aliphatic rings. The highest BCUT2D eigenvalue weighted by molar-refractivity contribution is 5.96. The number of amides is 1. The molecule has 2 aromatic rings. The first-order valence-electron chi connectivity index (χ1n) is 10.7. The topological polar surface area (TPSA) is 67.6 Å². The molecule has 0 atom stereocenters. The maximum atomic E-state index is 12.7. The first kappa shape index (κ1) is 21.4. The van der Waals surface area contributed by atoms with Crippen molar-refractivity contribution in [2.24, 2.45) is 0 Å². The molecule has 1 saturated carbocycles. The quantitative estimate of drug-likeness (QED) is 0.638. The van der Waals surface area contributed by atoms with Gasteiger partial charge in [0.2, 0.25) is 0 Å². The standard InChI is InChI=1S/C23H33N3O3/c1-17-21(18(2)29-25-17)16-28-22-13-8-7-12-20(22)23(27)24-14-9-15-26(3)19-10-5-4-6-11-19/h7-8,12-13,19H,4-6,9-11,14-16H2,1-3H3,(H,24,27). The van der Waals surface area contributed by atoms with E-state index in [1.54, 1.807) is 6.07 Å². The summed E-state index contributed by atoms with van der Waals surface area (Å²) in [5.74, 6) is 1.22. The first-order chi connectivity index (χ1) is 14.1. The number of para-hydroxylation sites is 1. The van der Waals surface area contributed by atoms with Gasteiger partial charge in [-0.05, 0) is 58.8 Å². The Morgan fingerprint density at radius 1 is 1.24 bits per heavy atom. The highest BCUT2D eigenvalue weighted by Crippen LogP contribution is 2.22. The average Bonchev–Trinajstić information content (AvgIpc) is 3.07. The fourth-order valence-electron chi connectivity index (χ4n) is 3.97. The summed E-state index contributed by atoms with van der Waals surface area (Å²) in [5, 5.41) is 6.98. The van der Waals surface area contributed by atoms with Gasteiger partial charge in [0.05, 0.1) is 16.8 Å². The van der Waals surface area contributed by atoms with Crippen LogP contribution in [0.4, 0.5) is 0 Å². The van der Waals surface area contributed by atoms with Gasteiger partial charge in [-0.3, -0.25) is 4.79 Å². The van der Waals surface area contributed by atoms with Crippen molar-refractivity contribution in [3.05, 3.63) is 46.8 Å². The highest BCUT2D eigenvalue weighted by Gasteiger charge is 2.18. The zero-order valence-electron chi connectivity index (χ0n) is 17.9. The van der Waals surface area contributed by atoms with Gasteiger partial charge in [0.1, 0.15) is 18.1 Å². The molecule has 1 amide bonds. The summed E-state index contributed by atoms with van der Waals surface area (Å²) < 4.78 is 11.1. The van der Waals surface area contributed by atoms with Crippen molar-refractivity contribution in [1.29, 1.82) is 0 Å².